The van der Waals surface area contributed by atoms with E-state index in [1.54, 1.807) is 0 Å². The second-order valence-corrected chi connectivity index (χ2v) is 7.18. The number of piperidine rings is 1. The van der Waals surface area contributed by atoms with Gasteiger partial charge in [0.05, 0.1) is 34.6 Å². The molecule has 3 aliphatic rings. The molecule has 0 spiro atoms. The normalized spacial score (nSPS) is 32.8. The summed E-state index contributed by atoms with van der Waals surface area (Å²) in [6, 6.07) is 8.30. The molecule has 3 atom stereocenters. The quantitative estimate of drug-likeness (QED) is 0.759. The second kappa shape index (κ2) is 6.16. The fourth-order valence-corrected chi connectivity index (χ4v) is 4.87. The van der Waals surface area contributed by atoms with Crippen LogP contribution < -0.4 is 11.1 Å². The molecule has 0 amide bonds. The zero-order chi connectivity index (χ0) is 18.9. The Bertz CT molecular complexity index is 808. The summed E-state index contributed by atoms with van der Waals surface area (Å²) in [5.74, 6) is 0. The van der Waals surface area contributed by atoms with E-state index in [4.69, 9.17) is 5.73 Å². The molecule has 2 aliphatic heterocycles. The highest BCUT2D eigenvalue weighted by atomic mass is 15.1. The largest absolute Gasteiger partial charge is 0.400 e. The molecule has 6 nitrogen and oxygen atoms in total. The smallest absolute Gasteiger partial charge is 0.150 e. The summed E-state index contributed by atoms with van der Waals surface area (Å²) in [7, 11) is 0. The highest BCUT2D eigenvalue weighted by molar-refractivity contribution is 5.61. The third-order valence-corrected chi connectivity index (χ3v) is 5.72. The van der Waals surface area contributed by atoms with Crippen LogP contribution in [0.1, 0.15) is 52.9 Å². The van der Waals surface area contributed by atoms with Crippen molar-refractivity contribution in [2.24, 2.45) is 16.6 Å². The summed E-state index contributed by atoms with van der Waals surface area (Å²) in [6.07, 6.45) is 3.56. The lowest BCUT2D eigenvalue weighted by Gasteiger charge is -2.61. The maximum atomic E-state index is 10.2. The van der Waals surface area contributed by atoms with Crippen molar-refractivity contribution in [1.82, 2.24) is 5.32 Å². The number of nitrogens with one attached hydrogen (secondary N) is 1. The number of fused-ring (bicyclic) bond motifs is 2. The molecule has 1 aliphatic carbocycles. The van der Waals surface area contributed by atoms with Gasteiger partial charge in [0.15, 0.2) is 5.57 Å². The Morgan fingerprint density at radius 2 is 1.72 bits per heavy atom. The Morgan fingerprint density at radius 3 is 2.16 bits per heavy atom. The maximum absolute atomic E-state index is 10.2. The van der Waals surface area contributed by atoms with E-state index in [9.17, 15) is 21.0 Å². The first-order valence-corrected chi connectivity index (χ1v) is 8.51. The van der Waals surface area contributed by atoms with Gasteiger partial charge < -0.3 is 11.1 Å². The summed E-state index contributed by atoms with van der Waals surface area (Å²) in [5, 5.41) is 42.0. The summed E-state index contributed by atoms with van der Waals surface area (Å²) in [5.41, 5.74) is 4.48. The first kappa shape index (κ1) is 18.4. The van der Waals surface area contributed by atoms with Crippen LogP contribution in [0.5, 0.6) is 0 Å². The lowest BCUT2D eigenvalue weighted by Crippen LogP contribution is -2.68. The van der Waals surface area contributed by atoms with Gasteiger partial charge in [-0.05, 0) is 19.3 Å². The third kappa shape index (κ3) is 2.12. The van der Waals surface area contributed by atoms with E-state index in [0.29, 0.717) is 24.8 Å². The van der Waals surface area contributed by atoms with Gasteiger partial charge in [-0.15, -0.1) is 0 Å². The van der Waals surface area contributed by atoms with Crippen LogP contribution in [-0.4, -0.2) is 5.54 Å². The van der Waals surface area contributed by atoms with Gasteiger partial charge in [-0.1, -0.05) is 33.6 Å². The highest BCUT2D eigenvalue weighted by Gasteiger charge is 2.67. The molecule has 3 unspecified atom stereocenters. The summed E-state index contributed by atoms with van der Waals surface area (Å²) in [4.78, 5) is 0. The van der Waals surface area contributed by atoms with E-state index in [1.165, 1.54) is 0 Å². The van der Waals surface area contributed by atoms with Crippen molar-refractivity contribution >= 4 is 0 Å². The fourth-order valence-electron chi connectivity index (χ4n) is 4.87. The van der Waals surface area contributed by atoms with Gasteiger partial charge in [0, 0.05) is 5.41 Å². The van der Waals surface area contributed by atoms with Crippen molar-refractivity contribution < 1.29 is 0 Å². The van der Waals surface area contributed by atoms with E-state index in [0.717, 1.165) is 12.8 Å². The standard InChI is InChI=1S/C19H22N6/c1-4-6-17(3)11-18(7-5-2)14(10-22)15(24)19(17,12-23)16(25-18)13(8-20)9-21/h25H,4-7,11,24H2,1-3H3. The predicted octanol–water partition coefficient (Wildman–Crippen LogP) is 2.89. The monoisotopic (exact) mass is 334 g/mol. The molecule has 2 heterocycles. The number of rotatable bonds is 4. The van der Waals surface area contributed by atoms with Gasteiger partial charge in [-0.3, -0.25) is 0 Å². The SMILES string of the molecule is CCCC12CC(C)(CCC)C(C#N)(C(N)=C1C#N)C(=C(C#N)C#N)N2. The van der Waals surface area contributed by atoms with Crippen LogP contribution in [0.25, 0.3) is 0 Å². The fraction of sp³-hybridized carbons (Fsp3) is 0.579. The van der Waals surface area contributed by atoms with Crippen LogP contribution >= 0.6 is 0 Å². The third-order valence-electron chi connectivity index (χ3n) is 5.72. The molecule has 1 saturated heterocycles. The summed E-state index contributed by atoms with van der Waals surface area (Å²) >= 11 is 0. The van der Waals surface area contributed by atoms with Crippen molar-refractivity contribution in [3.8, 4) is 24.3 Å². The Hall–Kier alpha value is -2.96. The van der Waals surface area contributed by atoms with Crippen LogP contribution in [0.2, 0.25) is 0 Å². The van der Waals surface area contributed by atoms with Crippen molar-refractivity contribution in [2.45, 2.75) is 58.4 Å². The molecule has 0 aromatic heterocycles. The van der Waals surface area contributed by atoms with Crippen molar-refractivity contribution in [2.75, 3.05) is 0 Å². The highest BCUT2D eigenvalue weighted by Crippen LogP contribution is 2.64. The van der Waals surface area contributed by atoms with E-state index >= 15 is 0 Å². The number of nitriles is 4. The predicted molar refractivity (Wildman–Crippen MR) is 91.5 cm³/mol. The lowest BCUT2D eigenvalue weighted by molar-refractivity contribution is 0.0374. The zero-order valence-electron chi connectivity index (χ0n) is 14.9. The molecule has 0 aromatic rings. The van der Waals surface area contributed by atoms with Crippen LogP contribution in [0, 0.1) is 56.2 Å². The molecule has 1 fully saturated rings. The topological polar surface area (TPSA) is 133 Å². The van der Waals surface area contributed by atoms with Gasteiger partial charge in [0.25, 0.3) is 0 Å². The van der Waals surface area contributed by atoms with E-state index in [1.807, 2.05) is 32.9 Å². The Kier molecular flexibility index (Phi) is 4.53. The minimum absolute atomic E-state index is 0.135. The van der Waals surface area contributed by atoms with Crippen LogP contribution in [0.4, 0.5) is 0 Å². The molecule has 6 heteroatoms. The van der Waals surface area contributed by atoms with E-state index < -0.39 is 16.4 Å². The summed E-state index contributed by atoms with van der Waals surface area (Å²) in [6.45, 7) is 6.03. The van der Waals surface area contributed by atoms with E-state index in [-0.39, 0.29) is 17.0 Å². The molecule has 3 rings (SSSR count). The molecule has 2 bridgehead atoms. The maximum Gasteiger partial charge on any atom is 0.150 e. The number of allylic oxidation sites excluding steroid dienone is 1. The molecular formula is C19H22N6. The van der Waals surface area contributed by atoms with Crippen molar-refractivity contribution in [1.29, 1.82) is 21.0 Å². The van der Waals surface area contributed by atoms with Gasteiger partial charge in [0.1, 0.15) is 17.6 Å². The van der Waals surface area contributed by atoms with Crippen LogP contribution in [-0.2, 0) is 0 Å². The van der Waals surface area contributed by atoms with Crippen LogP contribution in [0.3, 0.4) is 0 Å². The van der Waals surface area contributed by atoms with Gasteiger partial charge in [0.2, 0.25) is 0 Å². The first-order chi connectivity index (χ1) is 11.9. The summed E-state index contributed by atoms with van der Waals surface area (Å²) < 4.78 is 0. The number of nitrogens with zero attached hydrogens (tertiary/aromatic N) is 4. The second-order valence-electron chi connectivity index (χ2n) is 7.18. The molecule has 0 aromatic carbocycles. The number of hydrogen-bond acceptors (Lipinski definition) is 6. The van der Waals surface area contributed by atoms with Gasteiger partial charge >= 0.3 is 0 Å². The average molecular weight is 334 g/mol. The van der Waals surface area contributed by atoms with Gasteiger partial charge in [-0.25, -0.2) is 0 Å². The van der Waals surface area contributed by atoms with Crippen molar-refractivity contribution in [3.63, 3.8) is 0 Å². The number of hydrogen-bond donors (Lipinski definition) is 2. The molecule has 128 valence electrons. The van der Waals surface area contributed by atoms with E-state index in [2.05, 4.69) is 17.5 Å². The Morgan fingerprint density at radius 1 is 1.12 bits per heavy atom. The minimum Gasteiger partial charge on any atom is -0.400 e. The van der Waals surface area contributed by atoms with Gasteiger partial charge in [-0.2, -0.15) is 21.0 Å². The number of nitrogens with two attached hydrogens (primary N) is 1. The lowest BCUT2D eigenvalue weighted by atomic mass is 9.46. The molecular weight excluding hydrogens is 312 g/mol. The van der Waals surface area contributed by atoms with Crippen molar-refractivity contribution in [3.05, 3.63) is 22.5 Å². The molecule has 3 N–H and O–H groups in total. The Balaban J connectivity index is 3.00. The minimum atomic E-state index is -1.36. The Labute approximate surface area is 148 Å². The van der Waals surface area contributed by atoms with Crippen LogP contribution in [0.15, 0.2) is 22.5 Å². The molecule has 0 saturated carbocycles. The zero-order valence-corrected chi connectivity index (χ0v) is 14.9. The first-order valence-electron chi connectivity index (χ1n) is 8.51. The molecule has 25 heavy (non-hydrogen) atoms. The molecule has 0 radical (unpaired) electrons. The average Bonchev–Trinajstić information content (AvgIpc) is 2.56.